The number of sulfonamides is 1. The van der Waals surface area contributed by atoms with Crippen molar-refractivity contribution in [3.8, 4) is 0 Å². The summed E-state index contributed by atoms with van der Waals surface area (Å²) in [6.45, 7) is 1.83. The van der Waals surface area contributed by atoms with Gasteiger partial charge in [-0.2, -0.15) is 0 Å². The average molecular weight is 461 g/mol. The van der Waals surface area contributed by atoms with Crippen LogP contribution in [0.3, 0.4) is 0 Å². The zero-order chi connectivity index (χ0) is 21.9. The number of anilines is 2. The Morgan fingerprint density at radius 3 is 2.23 bits per heavy atom. The van der Waals surface area contributed by atoms with E-state index in [2.05, 4.69) is 5.32 Å². The number of rotatable bonds is 6. The summed E-state index contributed by atoms with van der Waals surface area (Å²) < 4.78 is 27.0. The molecule has 8 heteroatoms. The van der Waals surface area contributed by atoms with Crippen molar-refractivity contribution in [3.05, 3.63) is 82.9 Å². The van der Waals surface area contributed by atoms with Crippen molar-refractivity contribution in [2.24, 2.45) is 0 Å². The second-order valence-electron chi connectivity index (χ2n) is 6.56. The van der Waals surface area contributed by atoms with Crippen LogP contribution >= 0.6 is 23.4 Å². The fourth-order valence-corrected chi connectivity index (χ4v) is 4.58. The molecule has 0 spiro atoms. The summed E-state index contributed by atoms with van der Waals surface area (Å²) in [6, 6.07) is 18.4. The fourth-order valence-electron chi connectivity index (χ4n) is 2.80. The highest BCUT2D eigenvalue weighted by Crippen LogP contribution is 2.26. The maximum Gasteiger partial charge on any atom is 0.264 e. The van der Waals surface area contributed by atoms with Crippen molar-refractivity contribution in [2.45, 2.75) is 16.7 Å². The van der Waals surface area contributed by atoms with Crippen molar-refractivity contribution in [1.29, 1.82) is 0 Å². The lowest BCUT2D eigenvalue weighted by Crippen LogP contribution is -2.26. The summed E-state index contributed by atoms with van der Waals surface area (Å²) in [5, 5.41) is 3.40. The van der Waals surface area contributed by atoms with Crippen molar-refractivity contribution in [1.82, 2.24) is 0 Å². The van der Waals surface area contributed by atoms with Gasteiger partial charge in [0.25, 0.3) is 15.9 Å². The Bertz CT molecular complexity index is 1160. The van der Waals surface area contributed by atoms with E-state index in [1.165, 1.54) is 11.4 Å². The molecule has 0 saturated carbocycles. The molecule has 5 nitrogen and oxygen atoms in total. The minimum Gasteiger partial charge on any atom is -0.322 e. The number of nitrogens with one attached hydrogen (secondary N) is 1. The number of carbonyl (C=O) groups excluding carboxylic acids is 1. The molecule has 30 heavy (non-hydrogen) atoms. The number of amides is 1. The summed E-state index contributed by atoms with van der Waals surface area (Å²) in [6.07, 6.45) is 1.93. The van der Waals surface area contributed by atoms with E-state index in [0.717, 1.165) is 10.5 Å². The molecule has 0 atom stereocenters. The van der Waals surface area contributed by atoms with Crippen LogP contribution in [0.15, 0.2) is 76.5 Å². The number of thioether (sulfide) groups is 1. The molecule has 3 rings (SSSR count). The quantitative estimate of drug-likeness (QED) is 0.497. The minimum atomic E-state index is -3.70. The van der Waals surface area contributed by atoms with Crippen molar-refractivity contribution in [3.63, 3.8) is 0 Å². The number of hydrogen-bond acceptors (Lipinski definition) is 4. The first kappa shape index (κ1) is 22.2. The third kappa shape index (κ3) is 4.64. The first-order valence-corrected chi connectivity index (χ1v) is 12.1. The van der Waals surface area contributed by atoms with Gasteiger partial charge in [-0.1, -0.05) is 17.7 Å². The van der Waals surface area contributed by atoms with E-state index in [1.54, 1.807) is 78.5 Å². The molecule has 156 valence electrons. The molecule has 0 saturated heterocycles. The molecule has 3 aromatic rings. The van der Waals surface area contributed by atoms with Gasteiger partial charge >= 0.3 is 0 Å². The number of hydrogen-bond donors (Lipinski definition) is 1. The number of benzene rings is 3. The molecular formula is C22H21ClN2O3S2. The standard InChI is InChI=1S/C22H21ClN2O3S2/c1-15-20(23)5-4-6-21(15)24-22(26)16-7-9-17(10-8-16)25(2)30(27,28)19-13-11-18(29-3)12-14-19/h4-14H,1-3H3,(H,24,26). The van der Waals surface area contributed by atoms with E-state index >= 15 is 0 Å². The average Bonchev–Trinajstić information content (AvgIpc) is 2.76. The second-order valence-corrected chi connectivity index (χ2v) is 9.82. The van der Waals surface area contributed by atoms with E-state index in [4.69, 9.17) is 11.6 Å². The van der Waals surface area contributed by atoms with Crippen LogP contribution in [0.5, 0.6) is 0 Å². The van der Waals surface area contributed by atoms with Gasteiger partial charge in [0.1, 0.15) is 0 Å². The Morgan fingerprint density at radius 1 is 1.00 bits per heavy atom. The van der Waals surface area contributed by atoms with Crippen LogP contribution in [0.2, 0.25) is 5.02 Å². The van der Waals surface area contributed by atoms with Gasteiger partial charge in [0.15, 0.2) is 0 Å². The lowest BCUT2D eigenvalue weighted by atomic mass is 10.1. The van der Waals surface area contributed by atoms with Gasteiger partial charge in [0, 0.05) is 28.2 Å². The molecule has 0 bridgehead atoms. The van der Waals surface area contributed by atoms with Crippen LogP contribution in [0.4, 0.5) is 11.4 Å². The molecule has 0 aliphatic carbocycles. The molecule has 0 radical (unpaired) electrons. The Kier molecular flexibility index (Phi) is 6.75. The van der Waals surface area contributed by atoms with Gasteiger partial charge < -0.3 is 5.32 Å². The van der Waals surface area contributed by atoms with Crippen LogP contribution in [-0.4, -0.2) is 27.6 Å². The smallest absolute Gasteiger partial charge is 0.264 e. The molecule has 0 unspecified atom stereocenters. The predicted octanol–water partition coefficient (Wildman–Crippen LogP) is 5.45. The number of halogens is 1. The van der Waals surface area contributed by atoms with Gasteiger partial charge in [-0.25, -0.2) is 8.42 Å². The largest absolute Gasteiger partial charge is 0.322 e. The first-order chi connectivity index (χ1) is 14.2. The lowest BCUT2D eigenvalue weighted by Gasteiger charge is -2.20. The molecule has 0 aliphatic rings. The Hall–Kier alpha value is -2.48. The Morgan fingerprint density at radius 2 is 1.63 bits per heavy atom. The second kappa shape index (κ2) is 9.12. The molecule has 0 heterocycles. The molecule has 3 aromatic carbocycles. The number of nitrogens with zero attached hydrogens (tertiary/aromatic N) is 1. The molecule has 1 N–H and O–H groups in total. The van der Waals surface area contributed by atoms with E-state index in [9.17, 15) is 13.2 Å². The molecule has 0 aliphatic heterocycles. The van der Waals surface area contributed by atoms with Crippen molar-refractivity contribution in [2.75, 3.05) is 22.9 Å². The topological polar surface area (TPSA) is 66.5 Å². The normalized spacial score (nSPS) is 11.2. The monoisotopic (exact) mass is 460 g/mol. The molecule has 0 fully saturated rings. The number of carbonyl (C=O) groups is 1. The zero-order valence-corrected chi connectivity index (χ0v) is 19.1. The van der Waals surface area contributed by atoms with Crippen molar-refractivity contribution < 1.29 is 13.2 Å². The van der Waals surface area contributed by atoms with E-state index in [1.807, 2.05) is 13.2 Å². The van der Waals surface area contributed by atoms with E-state index in [0.29, 0.717) is 22.0 Å². The maximum absolute atomic E-state index is 12.9. The summed E-state index contributed by atoms with van der Waals surface area (Å²) in [7, 11) is -2.21. The summed E-state index contributed by atoms with van der Waals surface area (Å²) >= 11 is 7.64. The van der Waals surface area contributed by atoms with Crippen LogP contribution < -0.4 is 9.62 Å². The van der Waals surface area contributed by atoms with Gasteiger partial charge in [-0.15, -0.1) is 11.8 Å². The van der Waals surface area contributed by atoms with Gasteiger partial charge in [-0.05, 0) is 79.4 Å². The maximum atomic E-state index is 12.9. The van der Waals surface area contributed by atoms with Crippen LogP contribution in [0.25, 0.3) is 0 Å². The lowest BCUT2D eigenvalue weighted by molar-refractivity contribution is 0.102. The Labute approximate surface area is 186 Å². The van der Waals surface area contributed by atoms with E-state index < -0.39 is 10.0 Å². The zero-order valence-electron chi connectivity index (χ0n) is 16.7. The van der Waals surface area contributed by atoms with Crippen LogP contribution in [0, 0.1) is 6.92 Å². The van der Waals surface area contributed by atoms with Gasteiger partial charge in [-0.3, -0.25) is 9.10 Å². The highest BCUT2D eigenvalue weighted by molar-refractivity contribution is 7.98. The summed E-state index contributed by atoms with van der Waals surface area (Å²) in [4.78, 5) is 13.7. The Balaban J connectivity index is 1.78. The molecule has 1 amide bonds. The fraction of sp³-hybridized carbons (Fsp3) is 0.136. The molecular weight excluding hydrogens is 440 g/mol. The minimum absolute atomic E-state index is 0.209. The van der Waals surface area contributed by atoms with Crippen LogP contribution in [0.1, 0.15) is 15.9 Å². The summed E-state index contributed by atoms with van der Waals surface area (Å²) in [5.74, 6) is -0.301. The highest BCUT2D eigenvalue weighted by Gasteiger charge is 2.21. The first-order valence-electron chi connectivity index (χ1n) is 9.03. The third-order valence-corrected chi connectivity index (χ3v) is 7.68. The SMILES string of the molecule is CSc1ccc(S(=O)(=O)N(C)c2ccc(C(=O)Nc3cccc(Cl)c3C)cc2)cc1. The van der Waals surface area contributed by atoms with Gasteiger partial charge in [0.05, 0.1) is 10.6 Å². The third-order valence-electron chi connectivity index (χ3n) is 4.73. The summed E-state index contributed by atoms with van der Waals surface area (Å²) in [5.41, 5.74) is 2.28. The van der Waals surface area contributed by atoms with E-state index in [-0.39, 0.29) is 10.8 Å². The van der Waals surface area contributed by atoms with Crippen molar-refractivity contribution >= 4 is 50.7 Å². The van der Waals surface area contributed by atoms with Crippen LogP contribution in [-0.2, 0) is 10.0 Å². The molecule has 0 aromatic heterocycles. The predicted molar refractivity (Wildman–Crippen MR) is 124 cm³/mol. The highest BCUT2D eigenvalue weighted by atomic mass is 35.5. The van der Waals surface area contributed by atoms with Gasteiger partial charge in [0.2, 0.25) is 0 Å².